The summed E-state index contributed by atoms with van der Waals surface area (Å²) in [6, 6.07) is 7.45. The first kappa shape index (κ1) is 14.0. The number of nitrogens with zero attached hydrogens (tertiary/aromatic N) is 3. The first-order valence-corrected chi connectivity index (χ1v) is 8.56. The van der Waals surface area contributed by atoms with Crippen LogP contribution < -0.4 is 5.32 Å². The van der Waals surface area contributed by atoms with Crippen molar-refractivity contribution in [1.29, 1.82) is 0 Å². The lowest BCUT2D eigenvalue weighted by molar-refractivity contribution is 0.594. The van der Waals surface area contributed by atoms with Gasteiger partial charge < -0.3 is 5.32 Å². The van der Waals surface area contributed by atoms with Crippen molar-refractivity contribution in [3.8, 4) is 0 Å². The summed E-state index contributed by atoms with van der Waals surface area (Å²) >= 11 is 3.38. The molecule has 2 heterocycles. The molecule has 0 saturated heterocycles. The average molecular weight is 368 g/mol. The van der Waals surface area contributed by atoms with Gasteiger partial charge in [0.25, 0.3) is 5.16 Å². The van der Waals surface area contributed by atoms with Crippen molar-refractivity contribution in [3.63, 3.8) is 0 Å². The van der Waals surface area contributed by atoms with E-state index in [1.54, 1.807) is 6.20 Å². The smallest absolute Gasteiger partial charge is 0.250 e. The monoisotopic (exact) mass is 367 g/mol. The summed E-state index contributed by atoms with van der Waals surface area (Å²) in [4.78, 5) is 8.04. The van der Waals surface area contributed by atoms with Crippen LogP contribution >= 0.6 is 15.9 Å². The van der Waals surface area contributed by atoms with Crippen molar-refractivity contribution in [3.05, 3.63) is 34.9 Å². The van der Waals surface area contributed by atoms with Gasteiger partial charge >= 0.3 is 0 Å². The second-order valence-electron chi connectivity index (χ2n) is 4.39. The average Bonchev–Trinajstić information content (AvgIpc) is 2.86. The molecule has 9 heteroatoms. The molecule has 0 unspecified atom stereocenters. The number of halogens is 1. The van der Waals surface area contributed by atoms with Crippen LogP contribution in [0.1, 0.15) is 0 Å². The molecule has 0 spiro atoms. The van der Waals surface area contributed by atoms with Crippen LogP contribution in [0.4, 0.5) is 11.5 Å². The van der Waals surface area contributed by atoms with Gasteiger partial charge in [0.2, 0.25) is 9.84 Å². The van der Waals surface area contributed by atoms with Gasteiger partial charge in [0.1, 0.15) is 5.82 Å². The molecule has 2 aromatic heterocycles. The zero-order valence-corrected chi connectivity index (χ0v) is 13.2. The molecule has 108 valence electrons. The molecule has 0 radical (unpaired) electrons. The minimum atomic E-state index is -3.51. The van der Waals surface area contributed by atoms with Gasteiger partial charge in [-0.3, -0.25) is 5.10 Å². The highest BCUT2D eigenvalue weighted by atomic mass is 79.9. The molecule has 0 amide bonds. The van der Waals surface area contributed by atoms with Crippen molar-refractivity contribution in [1.82, 2.24) is 20.2 Å². The third-order valence-corrected chi connectivity index (χ3v) is 4.05. The molecule has 0 atom stereocenters. The predicted molar refractivity (Wildman–Crippen MR) is 82.2 cm³/mol. The Bertz CT molecular complexity index is 922. The summed E-state index contributed by atoms with van der Waals surface area (Å²) in [5.74, 6) is 0.382. The Hall–Kier alpha value is -2.00. The fraction of sp³-hybridized carbons (Fsp3) is 0.0833. The Labute approximate surface area is 128 Å². The molecule has 7 nitrogen and oxygen atoms in total. The van der Waals surface area contributed by atoms with Gasteiger partial charge in [-0.05, 0) is 18.2 Å². The molecular weight excluding hydrogens is 358 g/mol. The summed E-state index contributed by atoms with van der Waals surface area (Å²) in [6.45, 7) is 0. The van der Waals surface area contributed by atoms with E-state index in [9.17, 15) is 8.42 Å². The lowest BCUT2D eigenvalue weighted by Crippen LogP contribution is -2.06. The van der Waals surface area contributed by atoms with Gasteiger partial charge in [-0.2, -0.15) is 15.1 Å². The Balaban J connectivity index is 2.14. The third-order valence-electron chi connectivity index (χ3n) is 2.71. The van der Waals surface area contributed by atoms with Gasteiger partial charge in [0.15, 0.2) is 5.65 Å². The van der Waals surface area contributed by atoms with Crippen LogP contribution in [0.2, 0.25) is 0 Å². The van der Waals surface area contributed by atoms with Gasteiger partial charge in [-0.1, -0.05) is 22.0 Å². The highest BCUT2D eigenvalue weighted by molar-refractivity contribution is 9.10. The maximum absolute atomic E-state index is 11.7. The second-order valence-corrected chi connectivity index (χ2v) is 7.22. The maximum atomic E-state index is 11.7. The van der Waals surface area contributed by atoms with Crippen LogP contribution in [-0.2, 0) is 9.84 Å². The Morgan fingerprint density at radius 2 is 2.10 bits per heavy atom. The van der Waals surface area contributed by atoms with Crippen molar-refractivity contribution in [2.45, 2.75) is 5.16 Å². The molecule has 21 heavy (non-hydrogen) atoms. The van der Waals surface area contributed by atoms with Crippen LogP contribution in [0.15, 0.2) is 40.1 Å². The maximum Gasteiger partial charge on any atom is 0.250 e. The quantitative estimate of drug-likeness (QED) is 0.688. The first-order valence-electron chi connectivity index (χ1n) is 5.87. The van der Waals surface area contributed by atoms with Gasteiger partial charge in [0, 0.05) is 16.4 Å². The number of aromatic nitrogens is 4. The fourth-order valence-electron chi connectivity index (χ4n) is 1.78. The largest absolute Gasteiger partial charge is 0.339 e. The number of fused-ring (bicyclic) bond motifs is 1. The van der Waals surface area contributed by atoms with Crippen molar-refractivity contribution < 1.29 is 8.42 Å². The molecule has 0 aliphatic rings. The Morgan fingerprint density at radius 3 is 2.81 bits per heavy atom. The molecule has 3 aromatic rings. The molecule has 1 aromatic carbocycles. The number of sulfone groups is 1. The summed E-state index contributed by atoms with van der Waals surface area (Å²) < 4.78 is 24.2. The van der Waals surface area contributed by atoms with E-state index in [2.05, 4.69) is 41.4 Å². The Kier molecular flexibility index (Phi) is 3.38. The molecule has 0 aliphatic carbocycles. The van der Waals surface area contributed by atoms with Crippen LogP contribution in [0.5, 0.6) is 0 Å². The first-order chi connectivity index (χ1) is 9.93. The topological polar surface area (TPSA) is 101 Å². The number of nitrogens with one attached hydrogen (secondary N) is 2. The molecule has 0 bridgehead atoms. The lowest BCUT2D eigenvalue weighted by atomic mass is 10.3. The number of H-pyrrole nitrogens is 1. The number of hydrogen-bond acceptors (Lipinski definition) is 6. The predicted octanol–water partition coefficient (Wildman–Crippen LogP) is 2.26. The number of anilines is 2. The van der Waals surface area contributed by atoms with E-state index < -0.39 is 9.84 Å². The van der Waals surface area contributed by atoms with E-state index in [1.807, 2.05) is 24.3 Å². The molecule has 0 fully saturated rings. The van der Waals surface area contributed by atoms with E-state index in [4.69, 9.17) is 0 Å². The number of benzene rings is 1. The summed E-state index contributed by atoms with van der Waals surface area (Å²) in [6.07, 6.45) is 2.61. The number of hydrogen-bond donors (Lipinski definition) is 2. The molecular formula is C12H10BrN5O2S. The molecule has 0 aliphatic heterocycles. The van der Waals surface area contributed by atoms with Crippen LogP contribution in [0.25, 0.3) is 11.0 Å². The summed E-state index contributed by atoms with van der Waals surface area (Å²) in [7, 11) is -3.51. The van der Waals surface area contributed by atoms with Gasteiger partial charge in [0.05, 0.1) is 11.6 Å². The van der Waals surface area contributed by atoms with E-state index in [0.29, 0.717) is 16.9 Å². The minimum absolute atomic E-state index is 0.253. The molecule has 0 saturated carbocycles. The summed E-state index contributed by atoms with van der Waals surface area (Å²) in [5, 5.41) is 9.97. The fourth-order valence-corrected chi connectivity index (χ4v) is 2.69. The normalized spacial score (nSPS) is 11.7. The molecule has 3 rings (SSSR count). The Morgan fingerprint density at radius 1 is 1.29 bits per heavy atom. The van der Waals surface area contributed by atoms with E-state index in [0.717, 1.165) is 16.4 Å². The van der Waals surface area contributed by atoms with Crippen molar-refractivity contribution >= 4 is 48.3 Å². The second kappa shape index (κ2) is 5.08. The van der Waals surface area contributed by atoms with E-state index >= 15 is 0 Å². The van der Waals surface area contributed by atoms with E-state index in [1.165, 1.54) is 0 Å². The third kappa shape index (κ3) is 2.88. The van der Waals surface area contributed by atoms with Gasteiger partial charge in [-0.25, -0.2) is 8.42 Å². The SMILES string of the molecule is CS(=O)(=O)c1nc(Nc2cccc(Br)c2)c2cn[nH]c2n1. The highest BCUT2D eigenvalue weighted by Crippen LogP contribution is 2.25. The lowest BCUT2D eigenvalue weighted by Gasteiger charge is -2.08. The number of rotatable bonds is 3. The zero-order valence-electron chi connectivity index (χ0n) is 10.8. The minimum Gasteiger partial charge on any atom is -0.339 e. The standard InChI is InChI=1S/C12H10BrN5O2S/c1-21(19,20)12-16-10(9-6-14-18-11(9)17-12)15-8-4-2-3-7(13)5-8/h2-6H,1H3,(H2,14,15,16,17,18). The van der Waals surface area contributed by atoms with Crippen LogP contribution in [0.3, 0.4) is 0 Å². The zero-order chi connectivity index (χ0) is 15.0. The number of aromatic amines is 1. The van der Waals surface area contributed by atoms with Crippen LogP contribution in [-0.4, -0.2) is 34.8 Å². The van der Waals surface area contributed by atoms with Crippen molar-refractivity contribution in [2.75, 3.05) is 11.6 Å². The molecule has 2 N–H and O–H groups in total. The van der Waals surface area contributed by atoms with Gasteiger partial charge in [-0.15, -0.1) is 0 Å². The van der Waals surface area contributed by atoms with E-state index in [-0.39, 0.29) is 5.16 Å². The summed E-state index contributed by atoms with van der Waals surface area (Å²) in [5.41, 5.74) is 1.13. The highest BCUT2D eigenvalue weighted by Gasteiger charge is 2.16. The van der Waals surface area contributed by atoms with Crippen LogP contribution in [0, 0.1) is 0 Å². The van der Waals surface area contributed by atoms with Crippen molar-refractivity contribution in [2.24, 2.45) is 0 Å².